The first-order valence-corrected chi connectivity index (χ1v) is 7.68. The van der Waals surface area contributed by atoms with Crippen molar-refractivity contribution in [2.24, 2.45) is 5.92 Å². The van der Waals surface area contributed by atoms with Crippen molar-refractivity contribution >= 4 is 0 Å². The molecule has 1 aromatic rings. The minimum absolute atomic E-state index is 0.549. The van der Waals surface area contributed by atoms with Crippen LogP contribution in [0.3, 0.4) is 0 Å². The molecule has 1 aromatic carbocycles. The highest BCUT2D eigenvalue weighted by atomic mass is 15.3. The Labute approximate surface area is 118 Å². The fourth-order valence-electron chi connectivity index (χ4n) is 2.76. The third-order valence-corrected chi connectivity index (χ3v) is 4.26. The summed E-state index contributed by atoms with van der Waals surface area (Å²) in [5.74, 6) is 0.821. The molecule has 1 heterocycles. The summed E-state index contributed by atoms with van der Waals surface area (Å²) in [7, 11) is 0. The Morgan fingerprint density at radius 2 is 1.58 bits per heavy atom. The van der Waals surface area contributed by atoms with Crippen molar-refractivity contribution in [1.29, 1.82) is 0 Å². The number of benzene rings is 1. The second kappa shape index (κ2) is 7.06. The van der Waals surface area contributed by atoms with Crippen molar-refractivity contribution in [3.05, 3.63) is 35.9 Å². The molecule has 1 unspecified atom stereocenters. The molecule has 0 aliphatic carbocycles. The highest BCUT2D eigenvalue weighted by molar-refractivity contribution is 5.18. The minimum atomic E-state index is 0.549. The predicted molar refractivity (Wildman–Crippen MR) is 82.3 cm³/mol. The summed E-state index contributed by atoms with van der Waals surface area (Å²) in [6.45, 7) is 13.1. The standard InChI is InChI=1S/C17H28N2/c1-15(2)9-10-18-11-13-19(14-12-18)16(3)17-7-5-4-6-8-17/h4-8,15-16H,9-14H2,1-3H3. The number of nitrogens with zero attached hydrogens (tertiary/aromatic N) is 2. The molecule has 0 bridgehead atoms. The molecule has 2 nitrogen and oxygen atoms in total. The van der Waals surface area contributed by atoms with Gasteiger partial charge in [-0.1, -0.05) is 44.2 Å². The van der Waals surface area contributed by atoms with E-state index in [4.69, 9.17) is 0 Å². The highest BCUT2D eigenvalue weighted by Gasteiger charge is 2.21. The lowest BCUT2D eigenvalue weighted by Crippen LogP contribution is -2.47. The van der Waals surface area contributed by atoms with Gasteiger partial charge in [-0.2, -0.15) is 0 Å². The van der Waals surface area contributed by atoms with E-state index in [1.165, 1.54) is 44.7 Å². The summed E-state index contributed by atoms with van der Waals surface area (Å²) < 4.78 is 0. The van der Waals surface area contributed by atoms with E-state index in [-0.39, 0.29) is 0 Å². The van der Waals surface area contributed by atoms with E-state index in [1.54, 1.807) is 0 Å². The van der Waals surface area contributed by atoms with E-state index in [1.807, 2.05) is 0 Å². The molecule has 1 atom stereocenters. The third-order valence-electron chi connectivity index (χ3n) is 4.26. The predicted octanol–water partition coefficient (Wildman–Crippen LogP) is 3.41. The summed E-state index contributed by atoms with van der Waals surface area (Å²) in [6, 6.07) is 11.4. The van der Waals surface area contributed by atoms with Crippen molar-refractivity contribution in [2.45, 2.75) is 33.2 Å². The fourth-order valence-corrected chi connectivity index (χ4v) is 2.76. The van der Waals surface area contributed by atoms with Crippen molar-refractivity contribution in [1.82, 2.24) is 9.80 Å². The van der Waals surface area contributed by atoms with Gasteiger partial charge in [-0.05, 0) is 31.4 Å². The van der Waals surface area contributed by atoms with Crippen LogP contribution in [0.5, 0.6) is 0 Å². The first-order valence-electron chi connectivity index (χ1n) is 7.68. The summed E-state index contributed by atoms with van der Waals surface area (Å²) in [5, 5.41) is 0. The molecule has 0 N–H and O–H groups in total. The summed E-state index contributed by atoms with van der Waals surface area (Å²) in [6.07, 6.45) is 1.33. The van der Waals surface area contributed by atoms with Gasteiger partial charge >= 0.3 is 0 Å². The van der Waals surface area contributed by atoms with E-state index in [0.717, 1.165) is 5.92 Å². The quantitative estimate of drug-likeness (QED) is 0.800. The summed E-state index contributed by atoms with van der Waals surface area (Å²) in [4.78, 5) is 5.23. The first-order chi connectivity index (χ1) is 9.16. The molecule has 1 aliphatic rings. The molecule has 0 aromatic heterocycles. The third kappa shape index (κ3) is 4.32. The SMILES string of the molecule is CC(C)CCN1CCN(C(C)c2ccccc2)CC1. The van der Waals surface area contributed by atoms with Gasteiger partial charge in [0, 0.05) is 32.2 Å². The van der Waals surface area contributed by atoms with Crippen LogP contribution in [0.15, 0.2) is 30.3 Å². The maximum Gasteiger partial charge on any atom is 0.0320 e. The Morgan fingerprint density at radius 1 is 0.947 bits per heavy atom. The lowest BCUT2D eigenvalue weighted by Gasteiger charge is -2.38. The molecule has 0 radical (unpaired) electrons. The van der Waals surface area contributed by atoms with Crippen molar-refractivity contribution in [2.75, 3.05) is 32.7 Å². The van der Waals surface area contributed by atoms with Gasteiger partial charge in [0.15, 0.2) is 0 Å². The van der Waals surface area contributed by atoms with Crippen LogP contribution in [0.1, 0.15) is 38.8 Å². The molecule has 2 rings (SSSR count). The topological polar surface area (TPSA) is 6.48 Å². The molecule has 0 saturated carbocycles. The second-order valence-electron chi connectivity index (χ2n) is 6.15. The van der Waals surface area contributed by atoms with E-state index in [9.17, 15) is 0 Å². The molecular formula is C17H28N2. The molecule has 2 heteroatoms. The van der Waals surface area contributed by atoms with Crippen molar-refractivity contribution < 1.29 is 0 Å². The van der Waals surface area contributed by atoms with Crippen LogP contribution in [-0.4, -0.2) is 42.5 Å². The summed E-state index contributed by atoms with van der Waals surface area (Å²) >= 11 is 0. The van der Waals surface area contributed by atoms with E-state index in [2.05, 4.69) is 60.9 Å². The largest absolute Gasteiger partial charge is 0.301 e. The van der Waals surface area contributed by atoms with Crippen LogP contribution in [0, 0.1) is 5.92 Å². The van der Waals surface area contributed by atoms with Crippen LogP contribution in [-0.2, 0) is 0 Å². The smallest absolute Gasteiger partial charge is 0.0320 e. The Kier molecular flexibility index (Phi) is 5.41. The molecule has 1 fully saturated rings. The van der Waals surface area contributed by atoms with Crippen LogP contribution in [0.4, 0.5) is 0 Å². The monoisotopic (exact) mass is 260 g/mol. The Hall–Kier alpha value is -0.860. The van der Waals surface area contributed by atoms with E-state index < -0.39 is 0 Å². The van der Waals surface area contributed by atoms with Crippen LogP contribution in [0.2, 0.25) is 0 Å². The van der Waals surface area contributed by atoms with Crippen molar-refractivity contribution in [3.8, 4) is 0 Å². The minimum Gasteiger partial charge on any atom is -0.301 e. The van der Waals surface area contributed by atoms with Crippen molar-refractivity contribution in [3.63, 3.8) is 0 Å². The maximum absolute atomic E-state index is 2.62. The average Bonchev–Trinajstić information content (AvgIpc) is 2.46. The summed E-state index contributed by atoms with van der Waals surface area (Å²) in [5.41, 5.74) is 1.44. The van der Waals surface area contributed by atoms with Gasteiger partial charge in [-0.25, -0.2) is 0 Å². The number of rotatable bonds is 5. The van der Waals surface area contributed by atoms with Crippen LogP contribution >= 0.6 is 0 Å². The molecule has 1 aliphatic heterocycles. The van der Waals surface area contributed by atoms with E-state index in [0.29, 0.717) is 6.04 Å². The maximum atomic E-state index is 2.62. The van der Waals surface area contributed by atoms with Crippen LogP contribution < -0.4 is 0 Å². The molecular weight excluding hydrogens is 232 g/mol. The molecule has 106 valence electrons. The Balaban J connectivity index is 1.80. The molecule has 1 saturated heterocycles. The highest BCUT2D eigenvalue weighted by Crippen LogP contribution is 2.21. The van der Waals surface area contributed by atoms with Gasteiger partial charge in [-0.3, -0.25) is 4.90 Å². The number of piperazine rings is 1. The lowest BCUT2D eigenvalue weighted by atomic mass is 10.1. The van der Waals surface area contributed by atoms with Crippen LogP contribution in [0.25, 0.3) is 0 Å². The fraction of sp³-hybridized carbons (Fsp3) is 0.647. The van der Waals surface area contributed by atoms with Gasteiger partial charge in [-0.15, -0.1) is 0 Å². The van der Waals surface area contributed by atoms with Gasteiger partial charge in [0.2, 0.25) is 0 Å². The average molecular weight is 260 g/mol. The number of hydrogen-bond donors (Lipinski definition) is 0. The Bertz CT molecular complexity index is 353. The molecule has 0 spiro atoms. The Morgan fingerprint density at radius 3 is 2.16 bits per heavy atom. The first kappa shape index (κ1) is 14.5. The lowest BCUT2D eigenvalue weighted by molar-refractivity contribution is 0.0992. The molecule has 19 heavy (non-hydrogen) atoms. The zero-order valence-electron chi connectivity index (χ0n) is 12.7. The van der Waals surface area contributed by atoms with E-state index >= 15 is 0 Å². The number of hydrogen-bond acceptors (Lipinski definition) is 2. The molecule has 0 amide bonds. The second-order valence-corrected chi connectivity index (χ2v) is 6.15. The van der Waals surface area contributed by atoms with Gasteiger partial charge in [0.1, 0.15) is 0 Å². The zero-order chi connectivity index (χ0) is 13.7. The van der Waals surface area contributed by atoms with Gasteiger partial charge < -0.3 is 4.90 Å². The normalized spacial score (nSPS) is 19.8. The zero-order valence-corrected chi connectivity index (χ0v) is 12.7. The van der Waals surface area contributed by atoms with Gasteiger partial charge in [0.25, 0.3) is 0 Å². The van der Waals surface area contributed by atoms with Gasteiger partial charge in [0.05, 0.1) is 0 Å².